The highest BCUT2D eigenvalue weighted by atomic mass is 16.6. The number of hydrogen-bond donors (Lipinski definition) is 1. The summed E-state index contributed by atoms with van der Waals surface area (Å²) in [5.41, 5.74) is 0.586. The number of fused-ring (bicyclic) bond motifs is 1. The van der Waals surface area contributed by atoms with Gasteiger partial charge in [-0.25, -0.2) is 0 Å². The lowest BCUT2D eigenvalue weighted by molar-refractivity contribution is -0.911. The number of nitrogens with zero attached hydrogens (tertiary/aromatic N) is 1. The number of rotatable bonds is 4. The molecule has 0 radical (unpaired) electrons. The minimum absolute atomic E-state index is 0.0670. The fourth-order valence-electron chi connectivity index (χ4n) is 2.45. The van der Waals surface area contributed by atoms with Gasteiger partial charge in [0.2, 0.25) is 6.23 Å². The van der Waals surface area contributed by atoms with Crippen LogP contribution in [-0.4, -0.2) is 23.3 Å². The highest BCUT2D eigenvalue weighted by Gasteiger charge is 2.24. The Balaban J connectivity index is 2.18. The molecule has 24 heavy (non-hydrogen) atoms. The van der Waals surface area contributed by atoms with Gasteiger partial charge in [-0.3, -0.25) is 0 Å². The second kappa shape index (κ2) is 7.19. The van der Waals surface area contributed by atoms with Gasteiger partial charge in [-0.2, -0.15) is 0 Å². The maximum Gasteiger partial charge on any atom is 0.217 e. The standard InChI is InChI=1S/C21H25NO2/c1-21(2,3)15-8-5-9-16-22(4,24)20(23)19-14-10-12-17-11-6-7-13-18(17)19/h5-7,9-14,20,23H,16H2,1-4H3/b9-5+. The Hall–Kier alpha value is -2.12. The van der Waals surface area contributed by atoms with Gasteiger partial charge in [0.25, 0.3) is 0 Å². The average molecular weight is 323 g/mol. The van der Waals surface area contributed by atoms with Crippen LogP contribution in [0.5, 0.6) is 0 Å². The summed E-state index contributed by atoms with van der Waals surface area (Å²) in [6, 6.07) is 13.4. The van der Waals surface area contributed by atoms with E-state index in [2.05, 4.69) is 11.8 Å². The predicted octanol–water partition coefficient (Wildman–Crippen LogP) is 4.38. The van der Waals surface area contributed by atoms with E-state index >= 15 is 0 Å². The summed E-state index contributed by atoms with van der Waals surface area (Å²) in [4.78, 5) is 0. The summed E-state index contributed by atoms with van der Waals surface area (Å²) < 4.78 is -0.790. The summed E-state index contributed by atoms with van der Waals surface area (Å²) in [6.07, 6.45) is 2.27. The molecule has 0 aromatic heterocycles. The third-order valence-corrected chi connectivity index (χ3v) is 3.74. The second-order valence-electron chi connectivity index (χ2n) is 7.22. The van der Waals surface area contributed by atoms with Crippen molar-refractivity contribution in [3.05, 3.63) is 65.4 Å². The molecule has 3 nitrogen and oxygen atoms in total. The summed E-state index contributed by atoms with van der Waals surface area (Å²) in [7, 11) is 1.48. The molecule has 3 heteroatoms. The molecule has 2 unspecified atom stereocenters. The Kier molecular flexibility index (Phi) is 5.46. The molecular weight excluding hydrogens is 298 g/mol. The van der Waals surface area contributed by atoms with E-state index in [0.717, 1.165) is 10.8 Å². The molecule has 0 aliphatic rings. The molecule has 2 rings (SSSR count). The third kappa shape index (κ3) is 4.69. The molecule has 2 aromatic rings. The van der Waals surface area contributed by atoms with Gasteiger partial charge < -0.3 is 15.0 Å². The zero-order valence-corrected chi connectivity index (χ0v) is 14.8. The third-order valence-electron chi connectivity index (χ3n) is 3.74. The van der Waals surface area contributed by atoms with Crippen LogP contribution in [0.4, 0.5) is 0 Å². The second-order valence-corrected chi connectivity index (χ2v) is 7.22. The number of hydroxylamine groups is 3. The Labute approximate surface area is 144 Å². The Morgan fingerprint density at radius 1 is 1.17 bits per heavy atom. The van der Waals surface area contributed by atoms with Gasteiger partial charge in [0, 0.05) is 11.0 Å². The summed E-state index contributed by atoms with van der Waals surface area (Å²) in [6.45, 7) is 6.26. The van der Waals surface area contributed by atoms with Crippen LogP contribution in [-0.2, 0) is 0 Å². The van der Waals surface area contributed by atoms with Crippen molar-refractivity contribution in [1.82, 2.24) is 0 Å². The molecule has 2 atom stereocenters. The van der Waals surface area contributed by atoms with Crippen molar-refractivity contribution in [3.63, 3.8) is 0 Å². The molecule has 0 heterocycles. The van der Waals surface area contributed by atoms with Crippen LogP contribution in [0.2, 0.25) is 0 Å². The number of allylic oxidation sites excluding steroid dienone is 1. The summed E-state index contributed by atoms with van der Waals surface area (Å²) in [5.74, 6) is 6.03. The molecule has 0 bridgehead atoms. The van der Waals surface area contributed by atoms with Gasteiger partial charge in [-0.15, -0.1) is 0 Å². The lowest BCUT2D eigenvalue weighted by atomic mass is 9.98. The van der Waals surface area contributed by atoms with Crippen LogP contribution < -0.4 is 0 Å². The largest absolute Gasteiger partial charge is 0.631 e. The lowest BCUT2D eigenvalue weighted by Crippen LogP contribution is -2.41. The van der Waals surface area contributed by atoms with Crippen molar-refractivity contribution in [3.8, 4) is 11.8 Å². The van der Waals surface area contributed by atoms with Crippen molar-refractivity contribution >= 4 is 10.8 Å². The summed E-state index contributed by atoms with van der Waals surface area (Å²) >= 11 is 0. The number of likely N-dealkylation sites (N-methyl/N-ethyl adjacent to an activating group) is 1. The van der Waals surface area contributed by atoms with E-state index in [0.29, 0.717) is 5.56 Å². The number of aliphatic hydroxyl groups excluding tert-OH is 1. The Bertz CT molecular complexity index is 783. The van der Waals surface area contributed by atoms with E-state index in [1.807, 2.05) is 63.2 Å². The molecule has 0 fully saturated rings. The first-order valence-electron chi connectivity index (χ1n) is 8.10. The quantitative estimate of drug-likeness (QED) is 0.393. The Morgan fingerprint density at radius 3 is 2.54 bits per heavy atom. The SMILES string of the molecule is CC(C)(C)C#C/C=C/C[N+](C)([O-])C(O)c1cccc2ccccc12. The van der Waals surface area contributed by atoms with Gasteiger partial charge in [0.1, 0.15) is 6.54 Å². The van der Waals surface area contributed by atoms with Gasteiger partial charge in [-0.1, -0.05) is 48.2 Å². The highest BCUT2D eigenvalue weighted by molar-refractivity contribution is 5.85. The molecular formula is C21H25NO2. The zero-order valence-electron chi connectivity index (χ0n) is 14.8. The van der Waals surface area contributed by atoms with Crippen LogP contribution in [0.15, 0.2) is 54.6 Å². The molecule has 0 spiro atoms. The fraction of sp³-hybridized carbons (Fsp3) is 0.333. The topological polar surface area (TPSA) is 43.3 Å². The minimum atomic E-state index is -1.14. The van der Waals surface area contributed by atoms with Crippen LogP contribution >= 0.6 is 0 Å². The van der Waals surface area contributed by atoms with E-state index in [4.69, 9.17) is 0 Å². The van der Waals surface area contributed by atoms with E-state index in [9.17, 15) is 10.3 Å². The van der Waals surface area contributed by atoms with Crippen molar-refractivity contribution in [2.75, 3.05) is 13.6 Å². The molecule has 126 valence electrons. The molecule has 0 aliphatic heterocycles. The maximum atomic E-state index is 12.8. The molecule has 0 saturated heterocycles. The summed E-state index contributed by atoms with van der Waals surface area (Å²) in [5, 5.41) is 25.3. The van der Waals surface area contributed by atoms with Crippen LogP contribution in [0.25, 0.3) is 10.8 Å². The highest BCUT2D eigenvalue weighted by Crippen LogP contribution is 2.29. The Morgan fingerprint density at radius 2 is 1.83 bits per heavy atom. The van der Waals surface area contributed by atoms with Gasteiger partial charge >= 0.3 is 0 Å². The number of quaternary nitrogens is 1. The van der Waals surface area contributed by atoms with Crippen LogP contribution in [0, 0.1) is 22.5 Å². The first-order chi connectivity index (χ1) is 11.2. The van der Waals surface area contributed by atoms with Crippen molar-refractivity contribution < 1.29 is 9.75 Å². The monoisotopic (exact) mass is 323 g/mol. The molecule has 0 aliphatic carbocycles. The maximum absolute atomic E-state index is 12.8. The molecule has 2 aromatic carbocycles. The first kappa shape index (κ1) is 18.2. The van der Waals surface area contributed by atoms with E-state index in [-0.39, 0.29) is 12.0 Å². The fourth-order valence-corrected chi connectivity index (χ4v) is 2.45. The van der Waals surface area contributed by atoms with Crippen LogP contribution in [0.1, 0.15) is 32.6 Å². The predicted molar refractivity (Wildman–Crippen MR) is 99.7 cm³/mol. The van der Waals surface area contributed by atoms with Crippen molar-refractivity contribution in [2.24, 2.45) is 5.41 Å². The smallest absolute Gasteiger partial charge is 0.217 e. The first-order valence-corrected chi connectivity index (χ1v) is 8.10. The van der Waals surface area contributed by atoms with E-state index in [1.54, 1.807) is 12.2 Å². The number of benzene rings is 2. The van der Waals surface area contributed by atoms with Gasteiger partial charge in [0.15, 0.2) is 0 Å². The normalized spacial score (nSPS) is 15.8. The van der Waals surface area contributed by atoms with E-state index < -0.39 is 10.9 Å². The number of aliphatic hydroxyl groups is 1. The lowest BCUT2D eigenvalue weighted by Gasteiger charge is -2.42. The van der Waals surface area contributed by atoms with Gasteiger partial charge in [0.05, 0.1) is 7.05 Å². The van der Waals surface area contributed by atoms with Gasteiger partial charge in [-0.05, 0) is 49.8 Å². The van der Waals surface area contributed by atoms with Crippen molar-refractivity contribution in [1.29, 1.82) is 0 Å². The minimum Gasteiger partial charge on any atom is -0.631 e. The average Bonchev–Trinajstić information content (AvgIpc) is 2.52. The number of hydrogen-bond acceptors (Lipinski definition) is 2. The van der Waals surface area contributed by atoms with E-state index in [1.165, 1.54) is 7.05 Å². The van der Waals surface area contributed by atoms with Crippen molar-refractivity contribution in [2.45, 2.75) is 27.0 Å². The zero-order chi connectivity index (χ0) is 17.8. The molecule has 0 saturated carbocycles. The molecule has 0 amide bonds. The molecule has 1 N–H and O–H groups in total. The van der Waals surface area contributed by atoms with Crippen LogP contribution in [0.3, 0.4) is 0 Å².